The van der Waals surface area contributed by atoms with E-state index in [4.69, 9.17) is 16.6 Å². The van der Waals surface area contributed by atoms with Gasteiger partial charge >= 0.3 is 0 Å². The molecule has 0 saturated carbocycles. The molecule has 9 heteroatoms. The van der Waals surface area contributed by atoms with E-state index in [0.717, 1.165) is 64.3 Å². The number of halogens is 1. The highest BCUT2D eigenvalue weighted by atomic mass is 35.5. The number of hydrogen-bond donors (Lipinski definition) is 1. The van der Waals surface area contributed by atoms with Crippen molar-refractivity contribution in [2.75, 3.05) is 5.32 Å². The van der Waals surface area contributed by atoms with Crippen molar-refractivity contribution in [2.24, 2.45) is 4.99 Å². The molecule has 0 bridgehead atoms. The summed E-state index contributed by atoms with van der Waals surface area (Å²) in [4.78, 5) is 26.5. The van der Waals surface area contributed by atoms with Crippen LogP contribution in [-0.4, -0.2) is 15.6 Å². The van der Waals surface area contributed by atoms with Crippen LogP contribution in [0.3, 0.4) is 0 Å². The Morgan fingerprint density at radius 2 is 1.56 bits per heavy atom. The molecule has 5 rings (SSSR count). The number of rotatable bonds is 5. The third-order valence-corrected chi connectivity index (χ3v) is 8.41. The highest BCUT2D eigenvalue weighted by molar-refractivity contribution is 6.32. The number of nitrogens with one attached hydrogen (secondary N) is 1. The van der Waals surface area contributed by atoms with Crippen LogP contribution in [0.25, 0.3) is 0 Å². The van der Waals surface area contributed by atoms with Gasteiger partial charge in [0, 0.05) is 51.5 Å². The number of nitrogens with zero attached hydrogens (tertiary/aromatic N) is 3. The second-order valence-electron chi connectivity index (χ2n) is 11.1. The zero-order chi connectivity index (χ0) is 28.1. The van der Waals surface area contributed by atoms with E-state index < -0.39 is 10.8 Å². The van der Waals surface area contributed by atoms with Crippen LogP contribution >= 0.6 is 11.6 Å². The summed E-state index contributed by atoms with van der Waals surface area (Å²) in [5.41, 5.74) is 6.44. The number of allylic oxidation sites excluding steroid dienone is 8. The van der Waals surface area contributed by atoms with Crippen molar-refractivity contribution in [3.8, 4) is 0 Å². The lowest BCUT2D eigenvalue weighted by molar-refractivity contribution is -0.385. The molecule has 2 aliphatic heterocycles. The molecule has 2 aromatic rings. The third-order valence-electron chi connectivity index (χ3n) is 7.93. The summed E-state index contributed by atoms with van der Waals surface area (Å²) in [6, 6.07) is 9.69. The van der Waals surface area contributed by atoms with Gasteiger partial charge in [-0.1, -0.05) is 51.4 Å². The van der Waals surface area contributed by atoms with Crippen LogP contribution < -0.4 is 5.32 Å². The lowest BCUT2D eigenvalue weighted by Gasteiger charge is -2.21. The monoisotopic (exact) mass is 544 g/mol. The van der Waals surface area contributed by atoms with Crippen molar-refractivity contribution in [3.05, 3.63) is 114 Å². The zero-order valence-electron chi connectivity index (χ0n) is 22.2. The number of nitro groups is 2. The van der Waals surface area contributed by atoms with Gasteiger partial charge in [0.1, 0.15) is 0 Å². The summed E-state index contributed by atoms with van der Waals surface area (Å²) in [6.45, 7) is 8.12. The lowest BCUT2D eigenvalue weighted by atomic mass is 9.81. The zero-order valence-corrected chi connectivity index (χ0v) is 23.0. The summed E-state index contributed by atoms with van der Waals surface area (Å²) >= 11 is 6.87. The Balaban J connectivity index is 1.40. The van der Waals surface area contributed by atoms with Gasteiger partial charge in [0.05, 0.1) is 21.2 Å². The molecule has 0 saturated heterocycles. The standard InChI is InChI=1S/C30H29ClN4O4/c1-29(2)22-16-20(34(36)37)10-12-24(22)32-26(29)14-8-18-6-5-7-19(28(18)31)9-15-27-30(3,4)23-17-21(35(38)39)11-13-25(23)33-27/h8-17,32H,5-7H2,1-4H3/b15-9+,18-8+,26-14-. The van der Waals surface area contributed by atoms with Crippen LogP contribution in [-0.2, 0) is 10.8 Å². The number of aliphatic imine (C=N–C) groups is 1. The van der Waals surface area contributed by atoms with Crippen LogP contribution in [0, 0.1) is 20.2 Å². The molecule has 0 spiro atoms. The highest BCUT2D eigenvalue weighted by Crippen LogP contribution is 2.45. The molecule has 0 radical (unpaired) electrons. The van der Waals surface area contributed by atoms with Crippen LogP contribution in [0.5, 0.6) is 0 Å². The number of hydrogen-bond acceptors (Lipinski definition) is 6. The molecule has 3 aliphatic rings. The average Bonchev–Trinajstić information content (AvgIpc) is 3.30. The van der Waals surface area contributed by atoms with Gasteiger partial charge in [0.25, 0.3) is 11.4 Å². The lowest BCUT2D eigenvalue weighted by Crippen LogP contribution is -2.23. The van der Waals surface area contributed by atoms with Crippen molar-refractivity contribution in [1.82, 2.24) is 0 Å². The van der Waals surface area contributed by atoms with Crippen molar-refractivity contribution < 1.29 is 9.85 Å². The Labute approximate surface area is 231 Å². The molecule has 0 unspecified atom stereocenters. The topological polar surface area (TPSA) is 111 Å². The Morgan fingerprint density at radius 1 is 0.897 bits per heavy atom. The van der Waals surface area contributed by atoms with E-state index in [9.17, 15) is 20.2 Å². The smallest absolute Gasteiger partial charge is 0.269 e. The van der Waals surface area contributed by atoms with E-state index in [1.807, 2.05) is 52.0 Å². The maximum Gasteiger partial charge on any atom is 0.269 e. The van der Waals surface area contributed by atoms with Gasteiger partial charge in [-0.3, -0.25) is 25.2 Å². The van der Waals surface area contributed by atoms with Crippen LogP contribution in [0.1, 0.15) is 58.1 Å². The van der Waals surface area contributed by atoms with E-state index in [1.54, 1.807) is 24.3 Å². The van der Waals surface area contributed by atoms with Crippen LogP contribution in [0.4, 0.5) is 22.7 Å². The molecule has 0 aromatic heterocycles. The second kappa shape index (κ2) is 9.61. The SMILES string of the molecule is CC1(C)C(/C=C/C2=C(Cl)C(=C/C=C3\Nc4ccc([N+](=O)[O-])cc4C3(C)C)/CCC2)=Nc2ccc([N+](=O)[O-])cc21. The molecule has 0 amide bonds. The highest BCUT2D eigenvalue weighted by Gasteiger charge is 2.36. The van der Waals surface area contributed by atoms with Gasteiger partial charge in [0.15, 0.2) is 0 Å². The molecule has 2 heterocycles. The summed E-state index contributed by atoms with van der Waals surface area (Å²) in [6.07, 6.45) is 10.7. The first-order valence-corrected chi connectivity index (χ1v) is 13.2. The van der Waals surface area contributed by atoms with E-state index in [2.05, 4.69) is 5.32 Å². The minimum atomic E-state index is -0.466. The van der Waals surface area contributed by atoms with E-state index in [-0.39, 0.29) is 21.2 Å². The van der Waals surface area contributed by atoms with Gasteiger partial charge in [0.2, 0.25) is 0 Å². The number of nitro benzene ring substituents is 2. The van der Waals surface area contributed by atoms with Crippen LogP contribution in [0.15, 0.2) is 87.6 Å². The van der Waals surface area contributed by atoms with Gasteiger partial charge < -0.3 is 5.32 Å². The Hall–Kier alpha value is -4.04. The van der Waals surface area contributed by atoms with E-state index in [0.29, 0.717) is 5.03 Å². The predicted molar refractivity (Wildman–Crippen MR) is 155 cm³/mol. The fourth-order valence-electron chi connectivity index (χ4n) is 5.43. The van der Waals surface area contributed by atoms with E-state index in [1.165, 1.54) is 12.1 Å². The van der Waals surface area contributed by atoms with Crippen LogP contribution in [0.2, 0.25) is 0 Å². The minimum Gasteiger partial charge on any atom is -0.358 e. The van der Waals surface area contributed by atoms with Gasteiger partial charge in [-0.05, 0) is 65.8 Å². The Bertz CT molecular complexity index is 1580. The fraction of sp³-hybridized carbons (Fsp3) is 0.300. The summed E-state index contributed by atoms with van der Waals surface area (Å²) in [5, 5.41) is 26.6. The number of fused-ring (bicyclic) bond motifs is 2. The first kappa shape index (κ1) is 26.6. The summed E-state index contributed by atoms with van der Waals surface area (Å²) in [5.74, 6) is 0. The maximum atomic E-state index is 11.3. The average molecular weight is 545 g/mol. The van der Waals surface area contributed by atoms with Gasteiger partial charge in [-0.15, -0.1) is 0 Å². The predicted octanol–water partition coefficient (Wildman–Crippen LogP) is 8.31. The molecule has 39 heavy (non-hydrogen) atoms. The molecular formula is C30H29ClN4O4. The molecular weight excluding hydrogens is 516 g/mol. The number of non-ortho nitro benzene ring substituents is 2. The molecule has 2 aromatic carbocycles. The Kier molecular flexibility index (Phi) is 6.55. The van der Waals surface area contributed by atoms with Crippen molar-refractivity contribution in [2.45, 2.75) is 57.8 Å². The first-order chi connectivity index (χ1) is 18.4. The van der Waals surface area contributed by atoms with Gasteiger partial charge in [-0.25, -0.2) is 0 Å². The van der Waals surface area contributed by atoms with Gasteiger partial charge in [-0.2, -0.15) is 0 Å². The molecule has 0 fully saturated rings. The third kappa shape index (κ3) is 4.69. The second-order valence-corrected chi connectivity index (χ2v) is 11.5. The first-order valence-electron chi connectivity index (χ1n) is 12.8. The summed E-state index contributed by atoms with van der Waals surface area (Å²) in [7, 11) is 0. The molecule has 1 aliphatic carbocycles. The minimum absolute atomic E-state index is 0.0606. The summed E-state index contributed by atoms with van der Waals surface area (Å²) < 4.78 is 0. The quantitative estimate of drug-likeness (QED) is 0.300. The normalized spacial score (nSPS) is 21.2. The largest absolute Gasteiger partial charge is 0.358 e. The molecule has 8 nitrogen and oxygen atoms in total. The van der Waals surface area contributed by atoms with Crippen molar-refractivity contribution in [3.63, 3.8) is 0 Å². The number of benzene rings is 2. The Morgan fingerprint density at radius 3 is 2.26 bits per heavy atom. The van der Waals surface area contributed by atoms with E-state index >= 15 is 0 Å². The number of anilines is 1. The molecule has 1 N–H and O–H groups in total. The van der Waals surface area contributed by atoms with Crippen molar-refractivity contribution in [1.29, 1.82) is 0 Å². The fourth-order valence-corrected chi connectivity index (χ4v) is 5.74. The molecule has 200 valence electrons. The molecule has 0 atom stereocenters. The maximum absolute atomic E-state index is 11.3. The van der Waals surface area contributed by atoms with Crippen molar-refractivity contribution >= 4 is 40.1 Å².